The minimum absolute atomic E-state index is 0.0644. The van der Waals surface area contributed by atoms with Crippen molar-refractivity contribution in [1.29, 1.82) is 0 Å². The first-order chi connectivity index (χ1) is 11.6. The Morgan fingerprint density at radius 2 is 1.88 bits per heavy atom. The zero-order chi connectivity index (χ0) is 17.1. The van der Waals surface area contributed by atoms with Gasteiger partial charge in [-0.3, -0.25) is 0 Å². The molecule has 24 heavy (non-hydrogen) atoms. The van der Waals surface area contributed by atoms with Crippen molar-refractivity contribution >= 4 is 23.1 Å². The van der Waals surface area contributed by atoms with E-state index in [-0.39, 0.29) is 18.7 Å². The molecule has 0 aromatic heterocycles. The molecule has 2 aromatic carbocycles. The van der Waals surface area contributed by atoms with Crippen molar-refractivity contribution in [3.63, 3.8) is 0 Å². The molecule has 0 radical (unpaired) electrons. The summed E-state index contributed by atoms with van der Waals surface area (Å²) in [5, 5.41) is 12.2. The molecule has 1 heterocycles. The number of anilines is 3. The Morgan fingerprint density at radius 1 is 1.21 bits per heavy atom. The van der Waals surface area contributed by atoms with Crippen LogP contribution in [0.1, 0.15) is 12.5 Å². The quantitative estimate of drug-likeness (QED) is 0.907. The van der Waals surface area contributed by atoms with Crippen LogP contribution in [0.3, 0.4) is 0 Å². The Labute approximate surface area is 142 Å². The molecule has 0 fully saturated rings. The van der Waals surface area contributed by atoms with Crippen LogP contribution >= 0.6 is 0 Å². The first-order valence-corrected chi connectivity index (χ1v) is 8.21. The minimum atomic E-state index is -0.232. The van der Waals surface area contributed by atoms with E-state index in [9.17, 15) is 9.90 Å². The standard InChI is InChI=1S/C19H23N3O2/c1-14(13-23)21(2)19(24)20-16-8-4-6-10-18(16)22-12-11-15-7-3-5-9-17(15)22/h3-10,14,23H,11-13H2,1-2H3,(H,20,24). The molecule has 1 unspecified atom stereocenters. The van der Waals surface area contributed by atoms with Crippen LogP contribution in [0.15, 0.2) is 48.5 Å². The summed E-state index contributed by atoms with van der Waals surface area (Å²) < 4.78 is 0. The molecule has 0 bridgehead atoms. The predicted octanol–water partition coefficient (Wildman–Crippen LogP) is 3.23. The van der Waals surface area contributed by atoms with Crippen molar-refractivity contribution < 1.29 is 9.90 Å². The smallest absolute Gasteiger partial charge is 0.321 e. The van der Waals surface area contributed by atoms with Gasteiger partial charge in [-0.1, -0.05) is 30.3 Å². The molecule has 3 rings (SSSR count). The Bertz CT molecular complexity index is 732. The van der Waals surface area contributed by atoms with E-state index in [4.69, 9.17) is 0 Å². The maximum absolute atomic E-state index is 12.4. The number of hydrogen-bond donors (Lipinski definition) is 2. The second-order valence-electron chi connectivity index (χ2n) is 6.12. The van der Waals surface area contributed by atoms with Crippen LogP contribution in [0.25, 0.3) is 0 Å². The average Bonchev–Trinajstić information content (AvgIpc) is 3.04. The highest BCUT2D eigenvalue weighted by atomic mass is 16.3. The van der Waals surface area contributed by atoms with E-state index in [2.05, 4.69) is 28.4 Å². The second-order valence-corrected chi connectivity index (χ2v) is 6.12. The van der Waals surface area contributed by atoms with Crippen molar-refractivity contribution in [2.24, 2.45) is 0 Å². The number of urea groups is 1. The molecular weight excluding hydrogens is 302 g/mol. The van der Waals surface area contributed by atoms with E-state index >= 15 is 0 Å². The summed E-state index contributed by atoms with van der Waals surface area (Å²) in [4.78, 5) is 16.2. The first-order valence-electron chi connectivity index (χ1n) is 8.21. The molecule has 5 nitrogen and oxygen atoms in total. The van der Waals surface area contributed by atoms with Gasteiger partial charge in [0.2, 0.25) is 0 Å². The van der Waals surface area contributed by atoms with Gasteiger partial charge < -0.3 is 20.2 Å². The summed E-state index contributed by atoms with van der Waals surface area (Å²) in [6, 6.07) is 15.7. The fourth-order valence-electron chi connectivity index (χ4n) is 2.93. The largest absolute Gasteiger partial charge is 0.394 e. The monoisotopic (exact) mass is 325 g/mol. The first kappa shape index (κ1) is 16.3. The number of benzene rings is 2. The molecule has 0 saturated carbocycles. The Hall–Kier alpha value is -2.53. The highest BCUT2D eigenvalue weighted by Crippen LogP contribution is 2.38. The van der Waals surface area contributed by atoms with Gasteiger partial charge in [-0.15, -0.1) is 0 Å². The van der Waals surface area contributed by atoms with E-state index in [0.29, 0.717) is 0 Å². The molecule has 126 valence electrons. The molecule has 1 atom stereocenters. The molecule has 0 aliphatic carbocycles. The van der Waals surface area contributed by atoms with Crippen molar-refractivity contribution in [3.05, 3.63) is 54.1 Å². The molecule has 0 saturated heterocycles. The molecule has 2 amide bonds. The number of nitrogens with zero attached hydrogens (tertiary/aromatic N) is 2. The fourth-order valence-corrected chi connectivity index (χ4v) is 2.93. The van der Waals surface area contributed by atoms with Crippen LogP contribution in [-0.4, -0.2) is 42.3 Å². The van der Waals surface area contributed by atoms with Crippen LogP contribution in [0.4, 0.5) is 21.9 Å². The highest BCUT2D eigenvalue weighted by Gasteiger charge is 2.23. The fraction of sp³-hybridized carbons (Fsp3) is 0.316. The lowest BCUT2D eigenvalue weighted by Gasteiger charge is -2.26. The summed E-state index contributed by atoms with van der Waals surface area (Å²) in [5.74, 6) is 0. The number of aliphatic hydroxyl groups excluding tert-OH is 1. The van der Waals surface area contributed by atoms with Gasteiger partial charge in [0.05, 0.1) is 24.0 Å². The molecule has 0 spiro atoms. The molecule has 2 aromatic rings. The number of likely N-dealkylation sites (N-methyl/N-ethyl adjacent to an activating group) is 1. The van der Waals surface area contributed by atoms with Crippen molar-refractivity contribution in [3.8, 4) is 0 Å². The third kappa shape index (κ3) is 3.08. The van der Waals surface area contributed by atoms with E-state index in [1.165, 1.54) is 16.2 Å². The summed E-state index contributed by atoms with van der Waals surface area (Å²) >= 11 is 0. The number of carbonyl (C=O) groups is 1. The predicted molar refractivity (Wildman–Crippen MR) is 96.9 cm³/mol. The number of nitrogens with one attached hydrogen (secondary N) is 1. The van der Waals surface area contributed by atoms with Crippen LogP contribution < -0.4 is 10.2 Å². The highest BCUT2D eigenvalue weighted by molar-refractivity contribution is 5.94. The molecule has 5 heteroatoms. The van der Waals surface area contributed by atoms with Gasteiger partial charge in [-0.05, 0) is 37.1 Å². The van der Waals surface area contributed by atoms with Crippen molar-refractivity contribution in [2.75, 3.05) is 30.4 Å². The lowest BCUT2D eigenvalue weighted by molar-refractivity contribution is 0.166. The van der Waals surface area contributed by atoms with Gasteiger partial charge in [-0.2, -0.15) is 0 Å². The maximum atomic E-state index is 12.4. The number of hydrogen-bond acceptors (Lipinski definition) is 3. The van der Waals surface area contributed by atoms with E-state index in [0.717, 1.165) is 24.3 Å². The summed E-state index contributed by atoms with van der Waals surface area (Å²) in [6.45, 7) is 2.64. The number of rotatable bonds is 4. The summed E-state index contributed by atoms with van der Waals surface area (Å²) in [5.41, 5.74) is 4.28. The summed E-state index contributed by atoms with van der Waals surface area (Å²) in [7, 11) is 1.68. The molecule has 2 N–H and O–H groups in total. The Kier molecular flexibility index (Phi) is 4.71. The van der Waals surface area contributed by atoms with Gasteiger partial charge >= 0.3 is 6.03 Å². The lowest BCUT2D eigenvalue weighted by Crippen LogP contribution is -2.40. The normalized spacial score (nSPS) is 14.2. The lowest BCUT2D eigenvalue weighted by atomic mass is 10.2. The van der Waals surface area contributed by atoms with Gasteiger partial charge in [0, 0.05) is 19.3 Å². The minimum Gasteiger partial charge on any atom is -0.394 e. The third-order valence-corrected chi connectivity index (χ3v) is 4.57. The van der Waals surface area contributed by atoms with Crippen LogP contribution in [0.5, 0.6) is 0 Å². The molecular formula is C19H23N3O2. The van der Waals surface area contributed by atoms with Crippen molar-refractivity contribution in [1.82, 2.24) is 4.90 Å². The number of amides is 2. The van der Waals surface area contributed by atoms with Gasteiger partial charge in [-0.25, -0.2) is 4.79 Å². The number of fused-ring (bicyclic) bond motifs is 1. The van der Waals surface area contributed by atoms with Crippen LogP contribution in [0, 0.1) is 0 Å². The average molecular weight is 325 g/mol. The van der Waals surface area contributed by atoms with Crippen LogP contribution in [0.2, 0.25) is 0 Å². The van der Waals surface area contributed by atoms with Gasteiger partial charge in [0.1, 0.15) is 0 Å². The second kappa shape index (κ2) is 6.93. The zero-order valence-electron chi connectivity index (χ0n) is 14.1. The van der Waals surface area contributed by atoms with Gasteiger partial charge in [0.15, 0.2) is 0 Å². The number of aliphatic hydroxyl groups is 1. The SMILES string of the molecule is CC(CO)N(C)C(=O)Nc1ccccc1N1CCc2ccccc21. The van der Waals surface area contributed by atoms with E-state index in [1.807, 2.05) is 37.3 Å². The maximum Gasteiger partial charge on any atom is 0.321 e. The van der Waals surface area contributed by atoms with Gasteiger partial charge in [0.25, 0.3) is 0 Å². The molecule has 1 aliphatic rings. The summed E-state index contributed by atoms with van der Waals surface area (Å²) in [6.07, 6.45) is 1.000. The third-order valence-electron chi connectivity index (χ3n) is 4.57. The van der Waals surface area contributed by atoms with Crippen molar-refractivity contribution in [2.45, 2.75) is 19.4 Å². The Morgan fingerprint density at radius 3 is 2.62 bits per heavy atom. The zero-order valence-corrected chi connectivity index (χ0v) is 14.1. The van der Waals surface area contributed by atoms with E-state index < -0.39 is 0 Å². The number of para-hydroxylation sites is 3. The molecule has 1 aliphatic heterocycles. The Balaban J connectivity index is 1.86. The topological polar surface area (TPSA) is 55.8 Å². The van der Waals surface area contributed by atoms with E-state index in [1.54, 1.807) is 7.05 Å². The number of carbonyl (C=O) groups excluding carboxylic acids is 1. The van der Waals surface area contributed by atoms with Crippen LogP contribution in [-0.2, 0) is 6.42 Å².